The normalized spacial score (nSPS) is 16.4. The number of benzene rings is 3. The molecule has 1 aromatic heterocycles. The maximum atomic E-state index is 13.0. The number of nitrogens with zero attached hydrogens (tertiary/aromatic N) is 3. The Morgan fingerprint density at radius 1 is 0.935 bits per heavy atom. The van der Waals surface area contributed by atoms with Gasteiger partial charge in [-0.2, -0.15) is 0 Å². The van der Waals surface area contributed by atoms with Crippen molar-refractivity contribution >= 4 is 22.6 Å². The Labute approximate surface area is 183 Å². The van der Waals surface area contributed by atoms with Crippen LogP contribution in [0.2, 0.25) is 0 Å². The van der Waals surface area contributed by atoms with Crippen LogP contribution in [0.5, 0.6) is 0 Å². The number of hydrogen-bond donors (Lipinski definition) is 0. The molecule has 156 valence electrons. The largest absolute Gasteiger partial charge is 0.323 e. The van der Waals surface area contributed by atoms with E-state index in [2.05, 4.69) is 86.0 Å². The summed E-state index contributed by atoms with van der Waals surface area (Å²) in [5.74, 6) is 1.25. The minimum Gasteiger partial charge on any atom is -0.323 e. The minimum atomic E-state index is 0.0743. The molecule has 0 aliphatic carbocycles. The number of carbonyl (C=O) groups is 1. The van der Waals surface area contributed by atoms with E-state index in [1.165, 1.54) is 16.7 Å². The highest BCUT2D eigenvalue weighted by molar-refractivity contribution is 5.97. The monoisotopic (exact) mass is 409 g/mol. The number of carbonyl (C=O) groups excluding carboxylic acids is 1. The van der Waals surface area contributed by atoms with E-state index in [1.807, 2.05) is 11.0 Å². The van der Waals surface area contributed by atoms with E-state index in [1.54, 1.807) is 0 Å². The molecule has 0 bridgehead atoms. The molecule has 3 aromatic carbocycles. The van der Waals surface area contributed by atoms with Crippen LogP contribution in [0.4, 0.5) is 5.69 Å². The second kappa shape index (κ2) is 7.69. The number of hydrogen-bond acceptors (Lipinski definition) is 2. The molecule has 0 radical (unpaired) electrons. The fraction of sp³-hybridized carbons (Fsp3) is 0.259. The van der Waals surface area contributed by atoms with Gasteiger partial charge in [0.2, 0.25) is 5.91 Å². The van der Waals surface area contributed by atoms with Gasteiger partial charge in [-0.1, -0.05) is 54.1 Å². The fourth-order valence-corrected chi connectivity index (χ4v) is 4.57. The molecule has 2 heterocycles. The molecule has 31 heavy (non-hydrogen) atoms. The van der Waals surface area contributed by atoms with Crippen molar-refractivity contribution in [3.05, 3.63) is 94.8 Å². The van der Waals surface area contributed by atoms with Crippen LogP contribution in [0.25, 0.3) is 11.0 Å². The van der Waals surface area contributed by atoms with Gasteiger partial charge in [-0.3, -0.25) is 4.79 Å². The summed E-state index contributed by atoms with van der Waals surface area (Å²) < 4.78 is 2.30. The van der Waals surface area contributed by atoms with Crippen molar-refractivity contribution in [3.8, 4) is 0 Å². The van der Waals surface area contributed by atoms with Crippen molar-refractivity contribution in [1.29, 1.82) is 0 Å². The fourth-order valence-electron chi connectivity index (χ4n) is 4.57. The Morgan fingerprint density at radius 2 is 1.68 bits per heavy atom. The van der Waals surface area contributed by atoms with Crippen molar-refractivity contribution in [2.75, 3.05) is 11.4 Å². The molecular weight excluding hydrogens is 382 g/mol. The molecule has 1 atom stereocenters. The lowest BCUT2D eigenvalue weighted by Gasteiger charge is -2.20. The zero-order valence-corrected chi connectivity index (χ0v) is 18.3. The van der Waals surface area contributed by atoms with Crippen LogP contribution in [-0.4, -0.2) is 22.0 Å². The number of imidazole rings is 1. The molecule has 4 nitrogen and oxygen atoms in total. The average Bonchev–Trinajstić information content (AvgIpc) is 3.32. The Balaban J connectivity index is 1.53. The molecule has 0 spiro atoms. The highest BCUT2D eigenvalue weighted by atomic mass is 16.2. The molecule has 1 unspecified atom stereocenters. The average molecular weight is 410 g/mol. The van der Waals surface area contributed by atoms with E-state index in [4.69, 9.17) is 4.98 Å². The second-order valence-corrected chi connectivity index (χ2v) is 8.73. The first-order chi connectivity index (χ1) is 15.0. The summed E-state index contributed by atoms with van der Waals surface area (Å²) in [6.45, 7) is 7.67. The van der Waals surface area contributed by atoms with Crippen LogP contribution in [-0.2, 0) is 11.3 Å². The Kier molecular flexibility index (Phi) is 4.85. The maximum Gasteiger partial charge on any atom is 0.227 e. The third-order valence-electron chi connectivity index (χ3n) is 6.29. The predicted molar refractivity (Wildman–Crippen MR) is 126 cm³/mol. The zero-order chi connectivity index (χ0) is 21.5. The molecule has 1 saturated heterocycles. The number of aromatic nitrogens is 2. The van der Waals surface area contributed by atoms with E-state index in [-0.39, 0.29) is 11.8 Å². The molecular formula is C27H27N3O. The van der Waals surface area contributed by atoms with Crippen molar-refractivity contribution in [3.63, 3.8) is 0 Å². The van der Waals surface area contributed by atoms with Gasteiger partial charge < -0.3 is 9.47 Å². The van der Waals surface area contributed by atoms with Gasteiger partial charge >= 0.3 is 0 Å². The maximum absolute atomic E-state index is 13.0. The summed E-state index contributed by atoms with van der Waals surface area (Å²) in [4.78, 5) is 20.0. The van der Waals surface area contributed by atoms with Crippen molar-refractivity contribution in [1.82, 2.24) is 9.55 Å². The third kappa shape index (κ3) is 3.63. The summed E-state index contributed by atoms with van der Waals surface area (Å²) in [6.07, 6.45) is 0.491. The molecule has 4 aromatic rings. The smallest absolute Gasteiger partial charge is 0.227 e. The molecule has 1 aliphatic rings. The minimum absolute atomic E-state index is 0.0743. The van der Waals surface area contributed by atoms with E-state index in [0.29, 0.717) is 13.0 Å². The van der Waals surface area contributed by atoms with Crippen LogP contribution >= 0.6 is 0 Å². The van der Waals surface area contributed by atoms with E-state index < -0.39 is 0 Å². The highest BCUT2D eigenvalue weighted by Crippen LogP contribution is 2.35. The van der Waals surface area contributed by atoms with E-state index in [0.717, 1.165) is 34.7 Å². The number of fused-ring (bicyclic) bond motifs is 1. The van der Waals surface area contributed by atoms with Crippen LogP contribution in [0.15, 0.2) is 66.7 Å². The Bertz CT molecular complexity index is 1270. The Hall–Kier alpha value is -3.40. The van der Waals surface area contributed by atoms with E-state index in [9.17, 15) is 4.79 Å². The summed E-state index contributed by atoms with van der Waals surface area (Å²) in [6, 6.07) is 23.2. The predicted octanol–water partition coefficient (Wildman–Crippen LogP) is 5.53. The van der Waals surface area contributed by atoms with Crippen molar-refractivity contribution in [2.24, 2.45) is 0 Å². The highest BCUT2D eigenvalue weighted by Gasteiger charge is 2.35. The second-order valence-electron chi connectivity index (χ2n) is 8.73. The summed E-state index contributed by atoms with van der Waals surface area (Å²) >= 11 is 0. The zero-order valence-electron chi connectivity index (χ0n) is 18.3. The molecule has 0 N–H and O–H groups in total. The number of rotatable bonds is 4. The van der Waals surface area contributed by atoms with Gasteiger partial charge in [0.1, 0.15) is 5.82 Å². The van der Waals surface area contributed by atoms with Gasteiger partial charge in [0.05, 0.1) is 11.0 Å². The number of para-hydroxylation sites is 2. The van der Waals surface area contributed by atoms with Gasteiger partial charge in [-0.25, -0.2) is 4.98 Å². The topological polar surface area (TPSA) is 38.1 Å². The lowest BCUT2D eigenvalue weighted by molar-refractivity contribution is -0.117. The van der Waals surface area contributed by atoms with Gasteiger partial charge in [-0.15, -0.1) is 0 Å². The van der Waals surface area contributed by atoms with Crippen LogP contribution in [0.1, 0.15) is 40.4 Å². The molecule has 1 fully saturated rings. The van der Waals surface area contributed by atoms with Crippen molar-refractivity contribution < 1.29 is 4.79 Å². The number of amides is 1. The van der Waals surface area contributed by atoms with Gasteiger partial charge in [0.25, 0.3) is 0 Å². The molecule has 5 rings (SSSR count). The van der Waals surface area contributed by atoms with Gasteiger partial charge in [0, 0.05) is 31.1 Å². The molecule has 4 heteroatoms. The third-order valence-corrected chi connectivity index (χ3v) is 6.29. The van der Waals surface area contributed by atoms with Crippen molar-refractivity contribution in [2.45, 2.75) is 39.7 Å². The van der Waals surface area contributed by atoms with Crippen LogP contribution in [0, 0.1) is 20.8 Å². The Morgan fingerprint density at radius 3 is 2.48 bits per heavy atom. The number of aryl methyl sites for hydroxylation is 3. The first-order valence-electron chi connectivity index (χ1n) is 10.9. The first-order valence-corrected chi connectivity index (χ1v) is 10.9. The lowest BCUT2D eigenvalue weighted by atomic mass is 10.1. The van der Waals surface area contributed by atoms with Crippen LogP contribution < -0.4 is 4.90 Å². The summed E-state index contributed by atoms with van der Waals surface area (Å²) in [7, 11) is 0. The molecule has 0 saturated carbocycles. The first kappa shape index (κ1) is 19.6. The quantitative estimate of drug-likeness (QED) is 0.444. The summed E-state index contributed by atoms with van der Waals surface area (Å²) in [5, 5.41) is 0. The SMILES string of the molecule is Cc1ccc(Cn2c(C3CC(=O)N(c4cc(C)ccc4C)C3)nc3ccccc32)cc1. The van der Waals surface area contributed by atoms with E-state index >= 15 is 0 Å². The number of anilines is 1. The van der Waals surface area contributed by atoms with Crippen LogP contribution in [0.3, 0.4) is 0 Å². The molecule has 1 amide bonds. The standard InChI is InChI=1S/C27H27N3O/c1-18-9-12-21(13-10-18)16-30-24-7-5-4-6-23(24)28-27(30)22-15-26(31)29(17-22)25-14-19(2)8-11-20(25)3/h4-14,22H,15-17H2,1-3H3. The lowest BCUT2D eigenvalue weighted by Crippen LogP contribution is -2.25. The molecule has 1 aliphatic heterocycles. The van der Waals surface area contributed by atoms with Gasteiger partial charge in [0.15, 0.2) is 0 Å². The van der Waals surface area contributed by atoms with Gasteiger partial charge in [-0.05, 0) is 55.7 Å². The summed E-state index contributed by atoms with van der Waals surface area (Å²) in [5.41, 5.74) is 7.93.